The second kappa shape index (κ2) is 11.6. The maximum absolute atomic E-state index is 12.5. The third kappa shape index (κ3) is 7.24. The molecule has 2 aliphatic rings. The molecular formula is C26H33N3O3S. The van der Waals surface area contributed by atoms with Gasteiger partial charge in [0.2, 0.25) is 5.91 Å². The number of allylic oxidation sites excluding steroid dienone is 1. The van der Waals surface area contributed by atoms with E-state index in [0.29, 0.717) is 23.6 Å². The van der Waals surface area contributed by atoms with Gasteiger partial charge in [-0.05, 0) is 42.2 Å². The number of likely N-dealkylation sites (tertiary alicyclic amines) is 1. The van der Waals surface area contributed by atoms with E-state index in [4.69, 9.17) is 4.74 Å². The van der Waals surface area contributed by atoms with Crippen molar-refractivity contribution in [3.63, 3.8) is 0 Å². The Morgan fingerprint density at radius 1 is 1.18 bits per heavy atom. The van der Waals surface area contributed by atoms with Gasteiger partial charge in [-0.2, -0.15) is 0 Å². The summed E-state index contributed by atoms with van der Waals surface area (Å²) in [7, 11) is 0. The fourth-order valence-electron chi connectivity index (χ4n) is 4.38. The van der Waals surface area contributed by atoms with E-state index in [1.165, 1.54) is 4.91 Å². The molecule has 2 aromatic rings. The maximum Gasteiger partial charge on any atom is 0.254 e. The van der Waals surface area contributed by atoms with Crippen molar-refractivity contribution in [2.45, 2.75) is 57.1 Å². The number of thioether (sulfide) groups is 1. The molecule has 1 unspecified atom stereocenters. The van der Waals surface area contributed by atoms with Crippen molar-refractivity contribution in [3.05, 3.63) is 75.6 Å². The fourth-order valence-corrected chi connectivity index (χ4v) is 5.68. The number of amides is 1. The Kier molecular flexibility index (Phi) is 8.29. The van der Waals surface area contributed by atoms with E-state index in [-0.39, 0.29) is 11.5 Å². The van der Waals surface area contributed by atoms with Crippen molar-refractivity contribution in [1.82, 2.24) is 14.8 Å². The number of piperidine rings is 1. The van der Waals surface area contributed by atoms with Crippen LogP contribution in [0.15, 0.2) is 64.4 Å². The van der Waals surface area contributed by atoms with Crippen LogP contribution < -0.4 is 15.6 Å². The molecule has 0 saturated carbocycles. The van der Waals surface area contributed by atoms with Crippen LogP contribution in [0.1, 0.15) is 38.2 Å². The zero-order valence-electron chi connectivity index (χ0n) is 19.2. The second-order valence-corrected chi connectivity index (χ2v) is 10.3. The van der Waals surface area contributed by atoms with Crippen molar-refractivity contribution in [1.29, 1.82) is 0 Å². The summed E-state index contributed by atoms with van der Waals surface area (Å²) >= 11 is 1.96. The lowest BCUT2D eigenvalue weighted by Crippen LogP contribution is -2.44. The van der Waals surface area contributed by atoms with Gasteiger partial charge in [-0.15, -0.1) is 11.8 Å². The molecule has 1 saturated heterocycles. The molecule has 1 atom stereocenters. The molecule has 1 amide bonds. The minimum Gasteiger partial charge on any atom is -0.489 e. The Morgan fingerprint density at radius 3 is 2.70 bits per heavy atom. The summed E-state index contributed by atoms with van der Waals surface area (Å²) in [5.41, 5.74) is 1.07. The van der Waals surface area contributed by atoms with Gasteiger partial charge < -0.3 is 14.6 Å². The van der Waals surface area contributed by atoms with Gasteiger partial charge in [-0.25, -0.2) is 0 Å². The van der Waals surface area contributed by atoms with Gasteiger partial charge in [-0.1, -0.05) is 36.4 Å². The summed E-state index contributed by atoms with van der Waals surface area (Å²) in [6.07, 6.45) is 8.28. The number of aryl methyl sites for hydroxylation is 1. The molecule has 1 aromatic heterocycles. The molecule has 1 aromatic carbocycles. The molecule has 0 aliphatic carbocycles. The molecule has 7 heteroatoms. The smallest absolute Gasteiger partial charge is 0.254 e. The molecule has 1 fully saturated rings. The largest absolute Gasteiger partial charge is 0.489 e. The van der Waals surface area contributed by atoms with Crippen molar-refractivity contribution < 1.29 is 9.53 Å². The quantitative estimate of drug-likeness (QED) is 0.608. The first-order valence-electron chi connectivity index (χ1n) is 11.8. The third-order valence-electron chi connectivity index (χ3n) is 6.21. The molecular weight excluding hydrogens is 434 g/mol. The van der Waals surface area contributed by atoms with E-state index in [1.807, 2.05) is 54.4 Å². The summed E-state index contributed by atoms with van der Waals surface area (Å²) < 4.78 is 7.54. The number of pyridine rings is 1. The Morgan fingerprint density at radius 2 is 1.97 bits per heavy atom. The van der Waals surface area contributed by atoms with Crippen LogP contribution in [0.4, 0.5) is 0 Å². The number of aromatic nitrogens is 1. The van der Waals surface area contributed by atoms with Crippen molar-refractivity contribution in [3.8, 4) is 5.75 Å². The summed E-state index contributed by atoms with van der Waals surface area (Å²) in [5, 5.41) is 3.56. The van der Waals surface area contributed by atoms with E-state index >= 15 is 0 Å². The molecule has 0 radical (unpaired) electrons. The topological polar surface area (TPSA) is 63.6 Å². The van der Waals surface area contributed by atoms with E-state index in [0.717, 1.165) is 57.4 Å². The fraction of sp³-hybridized carbons (Fsp3) is 0.462. The molecule has 3 heterocycles. The van der Waals surface area contributed by atoms with Crippen LogP contribution in [0.3, 0.4) is 0 Å². The standard InChI is InChI=1S/C26H33N3O3S/c1-20(30)27-22-9-13-28(14-10-22)18-25-8-7-24(33-25)12-16-29-15-11-23(17-26(29)31)32-19-21-5-3-2-4-6-21/h2-6,8,11,15,17,22,24H,7,9-10,12-14,16,18-19H2,1H3,(H,27,30). The summed E-state index contributed by atoms with van der Waals surface area (Å²) in [5.74, 6) is 0.681. The predicted octanol–water partition coefficient (Wildman–Crippen LogP) is 3.81. The van der Waals surface area contributed by atoms with Gasteiger partial charge in [0.25, 0.3) is 5.56 Å². The predicted molar refractivity (Wildman–Crippen MR) is 133 cm³/mol. The third-order valence-corrected chi connectivity index (χ3v) is 7.57. The van der Waals surface area contributed by atoms with E-state index in [2.05, 4.69) is 16.3 Å². The summed E-state index contributed by atoms with van der Waals surface area (Å²) in [6, 6.07) is 13.7. The highest BCUT2D eigenvalue weighted by molar-refractivity contribution is 8.03. The first-order valence-corrected chi connectivity index (χ1v) is 12.7. The molecule has 0 spiro atoms. The normalized spacial score (nSPS) is 19.3. The van der Waals surface area contributed by atoms with Crippen LogP contribution >= 0.6 is 11.8 Å². The van der Waals surface area contributed by atoms with Crippen LogP contribution in [0.25, 0.3) is 0 Å². The van der Waals surface area contributed by atoms with Crippen LogP contribution in [0.5, 0.6) is 5.75 Å². The molecule has 6 nitrogen and oxygen atoms in total. The number of rotatable bonds is 9. The number of nitrogens with zero attached hydrogens (tertiary/aromatic N) is 2. The maximum atomic E-state index is 12.5. The van der Waals surface area contributed by atoms with E-state index in [9.17, 15) is 9.59 Å². The average Bonchev–Trinajstić information content (AvgIpc) is 3.26. The minimum absolute atomic E-state index is 0.0150. The molecule has 4 rings (SSSR count). The van der Waals surface area contributed by atoms with Gasteiger partial charge in [0.05, 0.1) is 0 Å². The molecule has 0 bridgehead atoms. The van der Waals surface area contributed by atoms with Crippen molar-refractivity contribution in [2.24, 2.45) is 0 Å². The van der Waals surface area contributed by atoms with Crippen LogP contribution in [-0.4, -0.2) is 46.3 Å². The summed E-state index contributed by atoms with van der Waals surface area (Å²) in [4.78, 5) is 27.7. The van der Waals surface area contributed by atoms with Crippen molar-refractivity contribution in [2.75, 3.05) is 19.6 Å². The second-order valence-electron chi connectivity index (χ2n) is 8.85. The highest BCUT2D eigenvalue weighted by Crippen LogP contribution is 2.35. The van der Waals surface area contributed by atoms with Crippen LogP contribution in [0, 0.1) is 0 Å². The van der Waals surface area contributed by atoms with Gasteiger partial charge in [0, 0.05) is 56.7 Å². The monoisotopic (exact) mass is 467 g/mol. The minimum atomic E-state index is -0.0150. The average molecular weight is 468 g/mol. The lowest BCUT2D eigenvalue weighted by molar-refractivity contribution is -0.119. The number of ether oxygens (including phenoxy) is 1. The Labute approximate surface area is 200 Å². The SMILES string of the molecule is CC(=O)NC1CCN(CC2=CCC(CCn3ccc(OCc4ccccc4)cc3=O)S2)CC1. The molecule has 176 valence electrons. The highest BCUT2D eigenvalue weighted by atomic mass is 32.2. The van der Waals surface area contributed by atoms with Crippen molar-refractivity contribution >= 4 is 17.7 Å². The Balaban J connectivity index is 1.17. The lowest BCUT2D eigenvalue weighted by Gasteiger charge is -2.32. The van der Waals surface area contributed by atoms with Gasteiger partial charge in [0.1, 0.15) is 12.4 Å². The highest BCUT2D eigenvalue weighted by Gasteiger charge is 2.23. The Bertz CT molecular complexity index is 1010. The molecule has 2 aliphatic heterocycles. The zero-order chi connectivity index (χ0) is 23.0. The number of carbonyl (C=O) groups is 1. The Hall–Kier alpha value is -2.51. The molecule has 33 heavy (non-hydrogen) atoms. The van der Waals surface area contributed by atoms with E-state index < -0.39 is 0 Å². The number of benzene rings is 1. The number of hydrogen-bond acceptors (Lipinski definition) is 5. The van der Waals surface area contributed by atoms with Gasteiger partial charge >= 0.3 is 0 Å². The number of carbonyl (C=O) groups excluding carboxylic acids is 1. The first kappa shape index (κ1) is 23.6. The number of nitrogens with one attached hydrogen (secondary N) is 1. The first-order chi connectivity index (χ1) is 16.0. The summed E-state index contributed by atoms with van der Waals surface area (Å²) in [6.45, 7) is 5.83. The zero-order valence-corrected chi connectivity index (χ0v) is 20.1. The van der Waals surface area contributed by atoms with Gasteiger partial charge in [-0.3, -0.25) is 14.5 Å². The van der Waals surface area contributed by atoms with Crippen LogP contribution in [0.2, 0.25) is 0 Å². The van der Waals surface area contributed by atoms with Crippen LogP contribution in [-0.2, 0) is 17.9 Å². The molecule has 1 N–H and O–H groups in total. The number of hydrogen-bond donors (Lipinski definition) is 1. The van der Waals surface area contributed by atoms with E-state index in [1.54, 1.807) is 17.6 Å². The van der Waals surface area contributed by atoms with Gasteiger partial charge in [0.15, 0.2) is 0 Å². The lowest BCUT2D eigenvalue weighted by atomic mass is 10.1.